The first kappa shape index (κ1) is 23.3. The fourth-order valence-electron chi connectivity index (χ4n) is 4.18. The minimum absolute atomic E-state index is 0. The van der Waals surface area contributed by atoms with E-state index in [4.69, 9.17) is 0 Å². The zero-order valence-electron chi connectivity index (χ0n) is 17.6. The van der Waals surface area contributed by atoms with E-state index in [1.165, 1.54) is 12.8 Å². The van der Waals surface area contributed by atoms with E-state index in [-0.39, 0.29) is 24.3 Å². The maximum atomic E-state index is 12.7. The predicted octanol–water partition coefficient (Wildman–Crippen LogP) is 2.87. The highest BCUT2D eigenvalue weighted by atomic mass is 35.5. The number of halogens is 1. The highest BCUT2D eigenvalue weighted by Gasteiger charge is 2.29. The van der Waals surface area contributed by atoms with Gasteiger partial charge in [0.25, 0.3) is 0 Å². The molecule has 3 aliphatic rings. The van der Waals surface area contributed by atoms with Gasteiger partial charge in [0, 0.05) is 45.2 Å². The summed E-state index contributed by atoms with van der Waals surface area (Å²) in [5.41, 5.74) is 0. The van der Waals surface area contributed by atoms with Gasteiger partial charge in [-0.25, -0.2) is 4.79 Å². The molecule has 0 aromatic carbocycles. The predicted molar refractivity (Wildman–Crippen MR) is 115 cm³/mol. The first-order chi connectivity index (χ1) is 13.0. The smallest absolute Gasteiger partial charge is 0.317 e. The lowest BCUT2D eigenvalue weighted by atomic mass is 9.93. The number of nitrogens with zero attached hydrogens (tertiary/aromatic N) is 2. The number of carbonyl (C=O) groups excluding carboxylic acids is 2. The van der Waals surface area contributed by atoms with Crippen molar-refractivity contribution in [3.05, 3.63) is 0 Å². The quantitative estimate of drug-likeness (QED) is 0.673. The van der Waals surface area contributed by atoms with Crippen LogP contribution < -0.4 is 10.6 Å². The van der Waals surface area contributed by atoms with Gasteiger partial charge in [0.15, 0.2) is 0 Å². The van der Waals surface area contributed by atoms with Gasteiger partial charge in [-0.05, 0) is 62.8 Å². The van der Waals surface area contributed by atoms with E-state index in [1.807, 2.05) is 9.80 Å². The Bertz CT molecular complexity index is 505. The molecule has 1 saturated carbocycles. The van der Waals surface area contributed by atoms with Gasteiger partial charge in [-0.2, -0.15) is 0 Å². The van der Waals surface area contributed by atoms with Crippen molar-refractivity contribution in [3.63, 3.8) is 0 Å². The van der Waals surface area contributed by atoms with Crippen LogP contribution in [0.2, 0.25) is 0 Å². The number of amides is 3. The van der Waals surface area contributed by atoms with E-state index in [0.29, 0.717) is 30.8 Å². The molecule has 6 nitrogen and oxygen atoms in total. The summed E-state index contributed by atoms with van der Waals surface area (Å²) in [6.07, 6.45) is 7.57. The number of likely N-dealkylation sites (tertiary alicyclic amines) is 2. The second-order valence-corrected chi connectivity index (χ2v) is 9.24. The Morgan fingerprint density at radius 2 is 1.68 bits per heavy atom. The van der Waals surface area contributed by atoms with Crippen molar-refractivity contribution in [3.8, 4) is 0 Å². The van der Waals surface area contributed by atoms with Crippen molar-refractivity contribution in [2.75, 3.05) is 39.3 Å². The molecule has 162 valence electrons. The molecule has 0 aromatic heterocycles. The SMILES string of the molecule is CC(C)CNC(=O)N1CCCC(CC(=O)N2CCC(NCC3CC3)CC2)C1.Cl. The average molecular weight is 415 g/mol. The first-order valence-electron chi connectivity index (χ1n) is 11.0. The molecule has 0 radical (unpaired) electrons. The Labute approximate surface area is 176 Å². The summed E-state index contributed by atoms with van der Waals surface area (Å²) in [6, 6.07) is 0.618. The largest absolute Gasteiger partial charge is 0.343 e. The van der Waals surface area contributed by atoms with E-state index >= 15 is 0 Å². The molecular weight excluding hydrogens is 376 g/mol. The van der Waals surface area contributed by atoms with Crippen LogP contribution in [0.4, 0.5) is 4.79 Å². The van der Waals surface area contributed by atoms with Gasteiger partial charge < -0.3 is 20.4 Å². The highest BCUT2D eigenvalue weighted by Crippen LogP contribution is 2.28. The second-order valence-electron chi connectivity index (χ2n) is 9.24. The fraction of sp³-hybridized carbons (Fsp3) is 0.905. The fourth-order valence-corrected chi connectivity index (χ4v) is 4.18. The van der Waals surface area contributed by atoms with Crippen LogP contribution in [0.3, 0.4) is 0 Å². The third-order valence-corrected chi connectivity index (χ3v) is 6.17. The van der Waals surface area contributed by atoms with Gasteiger partial charge >= 0.3 is 6.03 Å². The van der Waals surface area contributed by atoms with Crippen LogP contribution in [0.15, 0.2) is 0 Å². The zero-order valence-corrected chi connectivity index (χ0v) is 18.4. The summed E-state index contributed by atoms with van der Waals surface area (Å²) in [6.45, 7) is 9.37. The molecule has 1 aliphatic carbocycles. The molecule has 1 unspecified atom stereocenters. The molecule has 28 heavy (non-hydrogen) atoms. The molecule has 2 saturated heterocycles. The summed E-state index contributed by atoms with van der Waals surface area (Å²) in [5, 5.41) is 6.68. The summed E-state index contributed by atoms with van der Waals surface area (Å²) < 4.78 is 0. The van der Waals surface area contributed by atoms with Crippen LogP contribution in [-0.4, -0.2) is 67.0 Å². The Morgan fingerprint density at radius 1 is 0.964 bits per heavy atom. The molecule has 2 N–H and O–H groups in total. The van der Waals surface area contributed by atoms with Crippen LogP contribution in [0.1, 0.15) is 58.8 Å². The van der Waals surface area contributed by atoms with E-state index < -0.39 is 0 Å². The molecule has 3 rings (SSSR count). The van der Waals surface area contributed by atoms with E-state index in [2.05, 4.69) is 24.5 Å². The number of hydrogen-bond acceptors (Lipinski definition) is 3. The number of carbonyl (C=O) groups is 2. The van der Waals surface area contributed by atoms with Crippen molar-refractivity contribution < 1.29 is 9.59 Å². The number of piperidine rings is 2. The molecule has 0 spiro atoms. The number of urea groups is 1. The average Bonchev–Trinajstić information content (AvgIpc) is 3.49. The zero-order chi connectivity index (χ0) is 19.2. The van der Waals surface area contributed by atoms with E-state index in [1.54, 1.807) is 0 Å². The molecule has 0 aromatic rings. The summed E-state index contributed by atoms with van der Waals surface area (Å²) in [5.74, 6) is 1.96. The molecular formula is C21H39ClN4O2. The minimum Gasteiger partial charge on any atom is -0.343 e. The van der Waals surface area contributed by atoms with Gasteiger partial charge in [-0.1, -0.05) is 13.8 Å². The lowest BCUT2D eigenvalue weighted by molar-refractivity contribution is -0.133. The van der Waals surface area contributed by atoms with Gasteiger partial charge in [-0.15, -0.1) is 12.4 Å². The van der Waals surface area contributed by atoms with Crippen molar-refractivity contribution in [1.29, 1.82) is 0 Å². The molecule has 0 bridgehead atoms. The highest BCUT2D eigenvalue weighted by molar-refractivity contribution is 5.85. The van der Waals surface area contributed by atoms with Crippen LogP contribution >= 0.6 is 12.4 Å². The number of rotatable bonds is 7. The second kappa shape index (κ2) is 11.2. The van der Waals surface area contributed by atoms with Gasteiger partial charge in [0.05, 0.1) is 0 Å². The van der Waals surface area contributed by atoms with Crippen LogP contribution in [0.25, 0.3) is 0 Å². The van der Waals surface area contributed by atoms with Crippen molar-refractivity contribution in [2.24, 2.45) is 17.8 Å². The molecule has 3 amide bonds. The monoisotopic (exact) mass is 414 g/mol. The Hall–Kier alpha value is -1.01. The Balaban J connectivity index is 0.00000280. The van der Waals surface area contributed by atoms with E-state index in [0.717, 1.165) is 64.3 Å². The molecule has 2 heterocycles. The van der Waals surface area contributed by atoms with Crippen molar-refractivity contribution in [1.82, 2.24) is 20.4 Å². The van der Waals surface area contributed by atoms with Crippen molar-refractivity contribution in [2.45, 2.75) is 64.8 Å². The maximum Gasteiger partial charge on any atom is 0.317 e. The molecule has 1 atom stereocenters. The molecule has 7 heteroatoms. The van der Waals surface area contributed by atoms with Crippen LogP contribution in [0.5, 0.6) is 0 Å². The summed E-state index contributed by atoms with van der Waals surface area (Å²) >= 11 is 0. The van der Waals surface area contributed by atoms with Gasteiger partial charge in [-0.3, -0.25) is 4.79 Å². The van der Waals surface area contributed by atoms with Crippen LogP contribution in [-0.2, 0) is 4.79 Å². The maximum absolute atomic E-state index is 12.7. The Morgan fingerprint density at radius 3 is 2.32 bits per heavy atom. The Kier molecular flexibility index (Phi) is 9.35. The van der Waals surface area contributed by atoms with Crippen LogP contribution in [0, 0.1) is 17.8 Å². The number of hydrogen-bond donors (Lipinski definition) is 2. The van der Waals surface area contributed by atoms with Crippen molar-refractivity contribution >= 4 is 24.3 Å². The van der Waals surface area contributed by atoms with Gasteiger partial charge in [0.2, 0.25) is 5.91 Å². The lowest BCUT2D eigenvalue weighted by Gasteiger charge is -2.36. The standard InChI is InChI=1S/C21H38N4O2.ClH/c1-16(2)13-23-21(27)25-9-3-4-18(15-25)12-20(26)24-10-7-19(8-11-24)22-14-17-5-6-17;/h16-19,22H,3-15H2,1-2H3,(H,23,27);1H. The third-order valence-electron chi connectivity index (χ3n) is 6.17. The lowest BCUT2D eigenvalue weighted by Crippen LogP contribution is -2.48. The third kappa shape index (κ3) is 7.43. The number of nitrogens with one attached hydrogen (secondary N) is 2. The summed E-state index contributed by atoms with van der Waals surface area (Å²) in [7, 11) is 0. The molecule has 3 fully saturated rings. The summed E-state index contributed by atoms with van der Waals surface area (Å²) in [4.78, 5) is 29.0. The minimum atomic E-state index is 0. The first-order valence-corrected chi connectivity index (χ1v) is 11.0. The van der Waals surface area contributed by atoms with E-state index in [9.17, 15) is 9.59 Å². The van der Waals surface area contributed by atoms with Gasteiger partial charge in [0.1, 0.15) is 0 Å². The normalized spacial score (nSPS) is 23.5. The topological polar surface area (TPSA) is 64.7 Å². The molecule has 2 aliphatic heterocycles.